The molecule has 8 rings (SSSR count). The van der Waals surface area contributed by atoms with Gasteiger partial charge < -0.3 is 14.9 Å². The molecule has 0 aromatic heterocycles. The minimum atomic E-state index is -1.44. The van der Waals surface area contributed by atoms with Crippen molar-refractivity contribution >= 4 is 40.9 Å². The number of fused-ring (bicyclic) bond motifs is 4. The molecule has 2 aliphatic carbocycles. The van der Waals surface area contributed by atoms with Crippen molar-refractivity contribution in [3.05, 3.63) is 130 Å². The second-order valence-electron chi connectivity index (χ2n) is 13.8. The molecule has 3 fully saturated rings. The van der Waals surface area contributed by atoms with Gasteiger partial charge in [-0.25, -0.2) is 4.90 Å². The van der Waals surface area contributed by atoms with Crippen LogP contribution >= 0.6 is 11.6 Å². The van der Waals surface area contributed by atoms with Crippen LogP contribution in [-0.4, -0.2) is 52.4 Å². The third-order valence-electron chi connectivity index (χ3n) is 11.4. The summed E-state index contributed by atoms with van der Waals surface area (Å²) in [6.45, 7) is 0.185. The molecule has 4 amide bonds. The molecule has 1 saturated carbocycles. The highest BCUT2D eigenvalue weighted by atomic mass is 35.5. The average Bonchev–Trinajstić information content (AvgIpc) is 3.52. The lowest BCUT2D eigenvalue weighted by atomic mass is 9.49. The van der Waals surface area contributed by atoms with E-state index < -0.39 is 46.8 Å². The summed E-state index contributed by atoms with van der Waals surface area (Å²) in [5.74, 6) is -4.61. The lowest BCUT2D eigenvalue weighted by Gasteiger charge is -2.50. The SMILES string of the molecule is COc1ccc([C@H]2C3=CC[C@@H]4C(=O)N(CCc5ccc(O)cc5)C(=O)[C@@H]4[C@@H]3C[C@H]3C(=O)N(c4cccc(Cl)c4)C(=O)[C@@]23c2ccccc2)cc1O. The molecule has 2 N–H and O–H groups in total. The van der Waals surface area contributed by atoms with Crippen molar-refractivity contribution in [3.8, 4) is 17.2 Å². The molecule has 0 spiro atoms. The summed E-state index contributed by atoms with van der Waals surface area (Å²) >= 11 is 6.39. The molecule has 2 aliphatic heterocycles. The number of ether oxygens (including phenoxy) is 1. The maximum absolute atomic E-state index is 15.3. The number of carbonyl (C=O) groups excluding carboxylic acids is 4. The molecule has 4 aliphatic rings. The zero-order chi connectivity index (χ0) is 35.6. The fraction of sp³-hybridized carbons (Fsp3) is 0.268. The van der Waals surface area contributed by atoms with Crippen molar-refractivity contribution in [2.75, 3.05) is 18.6 Å². The summed E-state index contributed by atoms with van der Waals surface area (Å²) in [7, 11) is 1.45. The Labute approximate surface area is 299 Å². The Bertz CT molecular complexity index is 2120. The van der Waals surface area contributed by atoms with E-state index in [0.717, 1.165) is 11.1 Å². The molecule has 10 heteroatoms. The van der Waals surface area contributed by atoms with Crippen LogP contribution in [-0.2, 0) is 31.0 Å². The number of imide groups is 2. The lowest BCUT2D eigenvalue weighted by molar-refractivity contribution is -0.140. The van der Waals surface area contributed by atoms with Gasteiger partial charge >= 0.3 is 0 Å². The third kappa shape index (κ3) is 4.97. The smallest absolute Gasteiger partial charge is 0.246 e. The van der Waals surface area contributed by atoms with Gasteiger partial charge in [0.05, 0.1) is 36.0 Å². The van der Waals surface area contributed by atoms with Crippen LogP contribution in [0.1, 0.15) is 35.4 Å². The number of aromatic hydroxyl groups is 2. The highest BCUT2D eigenvalue weighted by Gasteiger charge is 2.70. The number of phenolic OH excluding ortho intramolecular Hbond substituents is 2. The Kier molecular flexibility index (Phi) is 7.98. The molecule has 9 nitrogen and oxygen atoms in total. The molecule has 0 radical (unpaired) electrons. The maximum Gasteiger partial charge on any atom is 0.246 e. The van der Waals surface area contributed by atoms with Crippen molar-refractivity contribution in [2.45, 2.75) is 30.6 Å². The number of phenols is 2. The molecule has 0 unspecified atom stereocenters. The predicted molar refractivity (Wildman–Crippen MR) is 189 cm³/mol. The van der Waals surface area contributed by atoms with E-state index in [2.05, 4.69) is 0 Å². The Balaban J connectivity index is 1.28. The molecule has 51 heavy (non-hydrogen) atoms. The number of benzene rings is 4. The molecule has 258 valence electrons. The fourth-order valence-corrected chi connectivity index (χ4v) is 9.38. The topological polar surface area (TPSA) is 124 Å². The highest BCUT2D eigenvalue weighted by Crippen LogP contribution is 2.64. The van der Waals surface area contributed by atoms with Crippen LogP contribution in [0.5, 0.6) is 17.2 Å². The van der Waals surface area contributed by atoms with Crippen molar-refractivity contribution in [2.24, 2.45) is 23.7 Å². The highest BCUT2D eigenvalue weighted by molar-refractivity contribution is 6.32. The Morgan fingerprint density at radius 1 is 0.843 bits per heavy atom. The number of hydrogen-bond acceptors (Lipinski definition) is 7. The molecule has 2 saturated heterocycles. The van der Waals surface area contributed by atoms with E-state index >= 15 is 4.79 Å². The minimum absolute atomic E-state index is 0.123. The van der Waals surface area contributed by atoms with Crippen LogP contribution in [0.15, 0.2) is 109 Å². The molecule has 2 heterocycles. The van der Waals surface area contributed by atoms with Gasteiger partial charge in [0.25, 0.3) is 0 Å². The first kappa shape index (κ1) is 32.8. The summed E-state index contributed by atoms with van der Waals surface area (Å²) in [5, 5.41) is 21.2. The number of anilines is 1. The van der Waals surface area contributed by atoms with Gasteiger partial charge in [0.2, 0.25) is 23.6 Å². The van der Waals surface area contributed by atoms with E-state index in [-0.39, 0.29) is 42.0 Å². The summed E-state index contributed by atoms with van der Waals surface area (Å²) in [5.41, 5.74) is 1.82. The van der Waals surface area contributed by atoms with Gasteiger partial charge in [-0.05, 0) is 84.3 Å². The zero-order valence-corrected chi connectivity index (χ0v) is 28.5. The molecular formula is C41H35ClN2O7. The first-order valence-corrected chi connectivity index (χ1v) is 17.4. The summed E-state index contributed by atoms with van der Waals surface area (Å²) in [6, 6.07) is 27.6. The Morgan fingerprint density at radius 3 is 2.31 bits per heavy atom. The predicted octanol–water partition coefficient (Wildman–Crippen LogP) is 6.16. The number of allylic oxidation sites excluding steroid dienone is 2. The van der Waals surface area contributed by atoms with Gasteiger partial charge in [0.1, 0.15) is 5.75 Å². The number of amides is 4. The number of rotatable bonds is 7. The second-order valence-corrected chi connectivity index (χ2v) is 14.2. The van der Waals surface area contributed by atoms with E-state index in [1.807, 2.05) is 36.4 Å². The van der Waals surface area contributed by atoms with Crippen molar-refractivity contribution in [3.63, 3.8) is 0 Å². The molecule has 4 aromatic rings. The summed E-state index contributed by atoms with van der Waals surface area (Å²) in [6.07, 6.45) is 2.89. The zero-order valence-electron chi connectivity index (χ0n) is 27.7. The number of hydrogen-bond donors (Lipinski definition) is 2. The minimum Gasteiger partial charge on any atom is -0.508 e. The quantitative estimate of drug-likeness (QED) is 0.175. The van der Waals surface area contributed by atoms with Crippen LogP contribution in [0, 0.1) is 23.7 Å². The first-order valence-electron chi connectivity index (χ1n) is 17.0. The largest absolute Gasteiger partial charge is 0.508 e. The lowest BCUT2D eigenvalue weighted by Crippen LogP contribution is -2.53. The normalized spacial score (nSPS) is 26.9. The van der Waals surface area contributed by atoms with Gasteiger partial charge in [0, 0.05) is 17.5 Å². The van der Waals surface area contributed by atoms with E-state index in [0.29, 0.717) is 34.7 Å². The first-order chi connectivity index (χ1) is 24.6. The van der Waals surface area contributed by atoms with E-state index in [9.17, 15) is 24.6 Å². The second kappa shape index (κ2) is 12.4. The van der Waals surface area contributed by atoms with Crippen LogP contribution in [0.2, 0.25) is 5.02 Å². The van der Waals surface area contributed by atoms with Crippen molar-refractivity contribution in [1.82, 2.24) is 4.90 Å². The number of halogens is 1. The van der Waals surface area contributed by atoms with Gasteiger partial charge in [-0.2, -0.15) is 0 Å². The van der Waals surface area contributed by atoms with Crippen molar-refractivity contribution in [1.29, 1.82) is 0 Å². The van der Waals surface area contributed by atoms with Crippen LogP contribution in [0.4, 0.5) is 5.69 Å². The van der Waals surface area contributed by atoms with E-state index in [1.165, 1.54) is 16.9 Å². The van der Waals surface area contributed by atoms with Crippen LogP contribution in [0.3, 0.4) is 0 Å². The monoisotopic (exact) mass is 702 g/mol. The Morgan fingerprint density at radius 2 is 1.61 bits per heavy atom. The van der Waals surface area contributed by atoms with Gasteiger partial charge in [-0.1, -0.05) is 77.8 Å². The van der Waals surface area contributed by atoms with E-state index in [4.69, 9.17) is 16.3 Å². The summed E-state index contributed by atoms with van der Waals surface area (Å²) in [4.78, 5) is 61.0. The maximum atomic E-state index is 15.3. The average molecular weight is 703 g/mol. The fourth-order valence-electron chi connectivity index (χ4n) is 9.19. The summed E-state index contributed by atoms with van der Waals surface area (Å²) < 4.78 is 5.36. The van der Waals surface area contributed by atoms with Gasteiger partial charge in [-0.15, -0.1) is 0 Å². The number of carbonyl (C=O) groups is 4. The van der Waals surface area contributed by atoms with Crippen LogP contribution < -0.4 is 9.64 Å². The van der Waals surface area contributed by atoms with Crippen LogP contribution in [0.25, 0.3) is 0 Å². The Hall–Kier alpha value is -5.41. The number of methoxy groups -OCH3 is 1. The molecule has 0 bridgehead atoms. The van der Waals surface area contributed by atoms with Crippen molar-refractivity contribution < 1.29 is 34.1 Å². The number of nitrogens with zero attached hydrogens (tertiary/aromatic N) is 2. The molecule has 4 aromatic carbocycles. The van der Waals surface area contributed by atoms with E-state index in [1.54, 1.807) is 66.7 Å². The third-order valence-corrected chi connectivity index (χ3v) is 11.6. The standard InChI is InChI=1S/C41H35ClN2O7/c1-51-34-17-12-24(20-33(34)46)36-29-15-16-30-35(39(49)43(37(30)47)19-18-23-10-13-28(45)14-11-23)31(29)22-32-38(48)44(27-9-5-8-26(42)21-27)40(50)41(32,36)25-6-3-2-4-7-25/h2-15,17,20-21,30-32,35-36,45-46H,16,18-19,22H2,1H3/t30-,31+,32-,35-,36-,41+/m0/s1. The van der Waals surface area contributed by atoms with Gasteiger partial charge in [0.15, 0.2) is 11.5 Å². The van der Waals surface area contributed by atoms with Gasteiger partial charge in [-0.3, -0.25) is 24.1 Å². The number of likely N-dealkylation sites (tertiary alicyclic amines) is 1. The molecular weight excluding hydrogens is 668 g/mol. The molecule has 6 atom stereocenters.